The van der Waals surface area contributed by atoms with Crippen LogP contribution in [0.15, 0.2) is 24.3 Å². The van der Waals surface area contributed by atoms with Crippen LogP contribution in [0.5, 0.6) is 5.75 Å². The largest absolute Gasteiger partial charge is 0.494 e. The number of rotatable bonds is 3. The second-order valence-corrected chi connectivity index (χ2v) is 9.79. The summed E-state index contributed by atoms with van der Waals surface area (Å²) in [6.45, 7) is 6.92. The molecule has 0 aromatic heterocycles. The third-order valence-corrected chi connectivity index (χ3v) is 4.21. The Morgan fingerprint density at radius 3 is 2.15 bits per heavy atom. The zero-order valence-electron chi connectivity index (χ0n) is 8.30. The van der Waals surface area contributed by atoms with Gasteiger partial charge in [0.25, 0.3) is 0 Å². The third kappa shape index (κ3) is 3.05. The van der Waals surface area contributed by atoms with Crippen LogP contribution in [-0.4, -0.2) is 14.0 Å². The molecule has 0 spiro atoms. The van der Waals surface area contributed by atoms with Crippen molar-refractivity contribution in [2.24, 2.45) is 0 Å². The van der Waals surface area contributed by atoms with E-state index in [4.69, 9.17) is 15.8 Å². The first kappa shape index (κ1) is 10.6. The maximum atomic E-state index is 6.29. The van der Waals surface area contributed by atoms with Crippen molar-refractivity contribution in [3.05, 3.63) is 24.3 Å². The van der Waals surface area contributed by atoms with Crippen molar-refractivity contribution in [3.63, 3.8) is 0 Å². The number of ether oxygens (including phenoxy) is 1. The lowest BCUT2D eigenvalue weighted by atomic mass is 10.3. The summed E-state index contributed by atoms with van der Waals surface area (Å²) in [5, 5.41) is 1.25. The molecule has 0 saturated heterocycles. The van der Waals surface area contributed by atoms with Crippen molar-refractivity contribution in [3.8, 4) is 5.75 Å². The minimum atomic E-state index is -1.66. The molecule has 0 amide bonds. The highest BCUT2D eigenvalue weighted by Crippen LogP contribution is 2.12. The molecule has 0 atom stereocenters. The lowest BCUT2D eigenvalue weighted by molar-refractivity contribution is 0.340. The highest BCUT2D eigenvalue weighted by molar-refractivity contribution is 7.26. The molecule has 1 nitrogen and oxygen atoms in total. The van der Waals surface area contributed by atoms with E-state index in [1.54, 1.807) is 0 Å². The van der Waals surface area contributed by atoms with Gasteiger partial charge in [0.1, 0.15) is 5.75 Å². The minimum absolute atomic E-state index is 0.709. The van der Waals surface area contributed by atoms with Gasteiger partial charge in [-0.2, -0.15) is 11.1 Å². The molecular weight excluding hydrogens is 200 g/mol. The van der Waals surface area contributed by atoms with Crippen molar-refractivity contribution >= 4 is 23.6 Å². The fraction of sp³-hybridized carbons (Fsp3) is 0.400. The van der Waals surface area contributed by atoms with Crippen LogP contribution < -0.4 is 9.92 Å². The molecule has 0 radical (unpaired) electrons. The number of halogens is 1. The Morgan fingerprint density at radius 1 is 1.23 bits per heavy atom. The van der Waals surface area contributed by atoms with E-state index in [0.717, 1.165) is 5.75 Å². The first-order valence-electron chi connectivity index (χ1n) is 4.46. The van der Waals surface area contributed by atoms with E-state index < -0.39 is 7.38 Å². The maximum Gasteiger partial charge on any atom is 0.180 e. The summed E-state index contributed by atoms with van der Waals surface area (Å²) in [7, 11) is -1.66. The van der Waals surface area contributed by atoms with E-state index in [2.05, 4.69) is 25.2 Å². The van der Waals surface area contributed by atoms with Crippen molar-refractivity contribution in [2.45, 2.75) is 20.0 Å². The van der Waals surface area contributed by atoms with Gasteiger partial charge < -0.3 is 4.74 Å². The fourth-order valence-electron chi connectivity index (χ4n) is 1.11. The van der Waals surface area contributed by atoms with Crippen LogP contribution in [-0.2, 0) is 0 Å². The Hall–Kier alpha value is -0.473. The summed E-state index contributed by atoms with van der Waals surface area (Å²) >= 11 is 6.29. The van der Waals surface area contributed by atoms with Crippen molar-refractivity contribution in [1.29, 1.82) is 0 Å². The predicted molar refractivity (Wildman–Crippen MR) is 60.6 cm³/mol. The zero-order valence-corrected chi connectivity index (χ0v) is 10.1. The Morgan fingerprint density at radius 2 is 1.77 bits per heavy atom. The fourth-order valence-corrected chi connectivity index (χ4v) is 2.45. The first-order valence-corrected chi connectivity index (χ1v) is 8.47. The van der Waals surface area contributed by atoms with Crippen molar-refractivity contribution < 1.29 is 4.74 Å². The number of benzene rings is 1. The molecule has 13 heavy (non-hydrogen) atoms. The lowest BCUT2D eigenvalue weighted by Crippen LogP contribution is -2.34. The van der Waals surface area contributed by atoms with Crippen LogP contribution in [0.25, 0.3) is 0 Å². The zero-order chi connectivity index (χ0) is 9.90. The molecule has 0 aliphatic rings. The van der Waals surface area contributed by atoms with Crippen LogP contribution in [0.1, 0.15) is 6.92 Å². The summed E-state index contributed by atoms with van der Waals surface area (Å²) in [5.41, 5.74) is 0. The van der Waals surface area contributed by atoms with Crippen LogP contribution in [0.4, 0.5) is 0 Å². The van der Waals surface area contributed by atoms with Crippen LogP contribution in [0.3, 0.4) is 0 Å². The third-order valence-electron chi connectivity index (χ3n) is 1.85. The molecule has 0 saturated carbocycles. The van der Waals surface area contributed by atoms with Gasteiger partial charge in [0.15, 0.2) is 7.38 Å². The molecule has 0 N–H and O–H groups in total. The second kappa shape index (κ2) is 4.16. The van der Waals surface area contributed by atoms with Crippen molar-refractivity contribution in [1.82, 2.24) is 0 Å². The Kier molecular flexibility index (Phi) is 3.39. The predicted octanol–water partition coefficient (Wildman–Crippen LogP) is 2.74. The molecule has 0 fully saturated rings. The van der Waals surface area contributed by atoms with Crippen LogP contribution >= 0.6 is 11.1 Å². The molecular formula is C10H15ClOSi. The van der Waals surface area contributed by atoms with Gasteiger partial charge >= 0.3 is 0 Å². The SMILES string of the molecule is CCOc1ccc([Si](C)(C)Cl)cc1. The Balaban J connectivity index is 2.81. The van der Waals surface area contributed by atoms with Crippen molar-refractivity contribution in [2.75, 3.05) is 6.61 Å². The van der Waals surface area contributed by atoms with Crippen LogP contribution in [0.2, 0.25) is 13.1 Å². The molecule has 72 valence electrons. The van der Waals surface area contributed by atoms with E-state index in [1.807, 2.05) is 19.1 Å². The van der Waals surface area contributed by atoms with E-state index in [9.17, 15) is 0 Å². The normalized spacial score (nSPS) is 11.4. The van der Waals surface area contributed by atoms with E-state index in [1.165, 1.54) is 5.19 Å². The lowest BCUT2D eigenvalue weighted by Gasteiger charge is -2.13. The highest BCUT2D eigenvalue weighted by Gasteiger charge is 2.19. The second-order valence-electron chi connectivity index (χ2n) is 3.43. The molecule has 1 rings (SSSR count). The standard InChI is InChI=1S/C10H15ClOSi/c1-4-12-9-5-7-10(8-6-9)13(2,3)11/h5-8H,4H2,1-3H3. The maximum absolute atomic E-state index is 6.29. The van der Waals surface area contributed by atoms with Gasteiger partial charge in [0, 0.05) is 0 Å². The average Bonchev–Trinajstić information content (AvgIpc) is 2.04. The molecule has 3 heteroatoms. The minimum Gasteiger partial charge on any atom is -0.494 e. The molecule has 1 aromatic carbocycles. The van der Waals surface area contributed by atoms with Crippen LogP contribution in [0, 0.1) is 0 Å². The molecule has 0 aliphatic heterocycles. The summed E-state index contributed by atoms with van der Waals surface area (Å²) < 4.78 is 5.35. The average molecular weight is 215 g/mol. The highest BCUT2D eigenvalue weighted by atomic mass is 35.6. The summed E-state index contributed by atoms with van der Waals surface area (Å²) in [4.78, 5) is 0. The van der Waals surface area contributed by atoms with E-state index in [0.29, 0.717) is 6.61 Å². The Labute approximate surface area is 85.4 Å². The number of hydrogen-bond donors (Lipinski definition) is 0. The summed E-state index contributed by atoms with van der Waals surface area (Å²) in [5.74, 6) is 0.918. The molecule has 1 aromatic rings. The molecule has 0 heterocycles. The first-order chi connectivity index (χ1) is 6.04. The van der Waals surface area contributed by atoms with Gasteiger partial charge in [-0.3, -0.25) is 0 Å². The Bertz CT molecular complexity index is 263. The van der Waals surface area contributed by atoms with Gasteiger partial charge in [-0.15, -0.1) is 0 Å². The van der Waals surface area contributed by atoms with Gasteiger partial charge in [-0.1, -0.05) is 25.2 Å². The topological polar surface area (TPSA) is 9.23 Å². The van der Waals surface area contributed by atoms with Gasteiger partial charge in [-0.05, 0) is 24.2 Å². The monoisotopic (exact) mass is 214 g/mol. The van der Waals surface area contributed by atoms with E-state index >= 15 is 0 Å². The summed E-state index contributed by atoms with van der Waals surface area (Å²) in [6, 6.07) is 8.08. The number of hydrogen-bond acceptors (Lipinski definition) is 1. The molecule has 0 unspecified atom stereocenters. The summed E-state index contributed by atoms with van der Waals surface area (Å²) in [6.07, 6.45) is 0. The quantitative estimate of drug-likeness (QED) is 0.556. The van der Waals surface area contributed by atoms with Gasteiger partial charge in [-0.25, -0.2) is 0 Å². The van der Waals surface area contributed by atoms with E-state index in [-0.39, 0.29) is 0 Å². The van der Waals surface area contributed by atoms with Gasteiger partial charge in [0.05, 0.1) is 6.61 Å². The van der Waals surface area contributed by atoms with Gasteiger partial charge in [0.2, 0.25) is 0 Å². The molecule has 0 aliphatic carbocycles. The molecule has 0 bridgehead atoms. The smallest absolute Gasteiger partial charge is 0.180 e.